The van der Waals surface area contributed by atoms with Gasteiger partial charge in [-0.05, 0) is 5.56 Å². The summed E-state index contributed by atoms with van der Waals surface area (Å²) in [4.78, 5) is 11.1. The van der Waals surface area contributed by atoms with Gasteiger partial charge in [-0.2, -0.15) is 0 Å². The monoisotopic (exact) mass is 205 g/mol. The lowest BCUT2D eigenvalue weighted by atomic mass is 10.1. The Morgan fingerprint density at radius 2 is 2.20 bits per heavy atom. The number of hydrogen-bond acceptors (Lipinski definition) is 1. The van der Waals surface area contributed by atoms with Crippen LogP contribution in [0.3, 0.4) is 0 Å². The van der Waals surface area contributed by atoms with Crippen molar-refractivity contribution in [1.82, 2.24) is 5.32 Å². The molecule has 1 N–H and O–H groups in total. The molecule has 0 saturated heterocycles. The third-order valence-electron chi connectivity index (χ3n) is 1.91. The predicted octanol–water partition coefficient (Wildman–Crippen LogP) is 2.15. The van der Waals surface area contributed by atoms with Crippen LogP contribution in [0.25, 0.3) is 0 Å². The van der Waals surface area contributed by atoms with E-state index in [1.54, 1.807) is 24.3 Å². The molecular formula is C12H12FNO. The van der Waals surface area contributed by atoms with Gasteiger partial charge >= 0.3 is 0 Å². The molecule has 0 aromatic heterocycles. The second-order valence-corrected chi connectivity index (χ2v) is 2.97. The average molecular weight is 205 g/mol. The van der Waals surface area contributed by atoms with Crippen molar-refractivity contribution in [2.24, 2.45) is 0 Å². The minimum atomic E-state index is -0.638. The van der Waals surface area contributed by atoms with Crippen LogP contribution < -0.4 is 5.32 Å². The molecule has 1 aromatic carbocycles. The number of halogens is 1. The molecule has 15 heavy (non-hydrogen) atoms. The molecule has 0 radical (unpaired) electrons. The summed E-state index contributed by atoms with van der Waals surface area (Å²) in [6.07, 6.45) is 1.14. The molecule has 0 heterocycles. The predicted molar refractivity (Wildman–Crippen MR) is 57.0 cm³/mol. The molecule has 0 aliphatic heterocycles. The number of nitrogens with one attached hydrogen (secondary N) is 1. The maximum Gasteiger partial charge on any atom is 0.252 e. The van der Waals surface area contributed by atoms with Crippen molar-refractivity contribution in [1.29, 1.82) is 0 Å². The van der Waals surface area contributed by atoms with E-state index in [4.69, 9.17) is 0 Å². The Morgan fingerprint density at radius 3 is 2.73 bits per heavy atom. The van der Waals surface area contributed by atoms with Crippen molar-refractivity contribution in [2.45, 2.75) is 6.04 Å². The minimum Gasteiger partial charge on any atom is -0.343 e. The van der Waals surface area contributed by atoms with Crippen LogP contribution >= 0.6 is 0 Å². The molecule has 3 heteroatoms. The van der Waals surface area contributed by atoms with E-state index in [0.29, 0.717) is 0 Å². The van der Waals surface area contributed by atoms with E-state index in [0.717, 1.165) is 11.6 Å². The summed E-state index contributed by atoms with van der Waals surface area (Å²) in [7, 11) is 0. The third-order valence-corrected chi connectivity index (χ3v) is 1.91. The summed E-state index contributed by atoms with van der Waals surface area (Å²) in [6.45, 7) is 2.63. The topological polar surface area (TPSA) is 29.1 Å². The summed E-state index contributed by atoms with van der Waals surface area (Å²) in [5.41, 5.74) is 3.08. The van der Waals surface area contributed by atoms with Crippen LogP contribution in [0, 0.1) is 0 Å². The largest absolute Gasteiger partial charge is 0.343 e. The highest BCUT2D eigenvalue weighted by atomic mass is 19.1. The first-order valence-corrected chi connectivity index (χ1v) is 4.55. The Morgan fingerprint density at radius 1 is 1.53 bits per heavy atom. The van der Waals surface area contributed by atoms with Gasteiger partial charge in [-0.25, -0.2) is 4.39 Å². The quantitative estimate of drug-likeness (QED) is 0.592. The molecule has 2 nitrogen and oxygen atoms in total. The number of carbonyl (C=O) groups excluding carboxylic acids is 1. The first-order valence-electron chi connectivity index (χ1n) is 4.55. The molecule has 1 rings (SSSR count). The van der Waals surface area contributed by atoms with Gasteiger partial charge in [0.15, 0.2) is 0 Å². The van der Waals surface area contributed by atoms with Crippen molar-refractivity contribution < 1.29 is 9.18 Å². The molecule has 0 spiro atoms. The fraction of sp³-hybridized carbons (Fsp3) is 0.167. The van der Waals surface area contributed by atoms with Crippen LogP contribution in [0.5, 0.6) is 0 Å². The number of hydrogen-bond donors (Lipinski definition) is 1. The molecule has 0 aliphatic rings. The molecule has 78 valence electrons. The van der Waals surface area contributed by atoms with Crippen LogP contribution in [0.4, 0.5) is 4.39 Å². The van der Waals surface area contributed by atoms with Gasteiger partial charge in [0.25, 0.3) is 5.91 Å². The highest BCUT2D eigenvalue weighted by molar-refractivity contribution is 5.87. The van der Waals surface area contributed by atoms with E-state index >= 15 is 0 Å². The van der Waals surface area contributed by atoms with Crippen molar-refractivity contribution in [3.8, 4) is 0 Å². The standard InChI is InChI=1S/C12H12FNO/c1-2-6-12(15)14-11(9-13)10-7-4-3-5-8-10/h3-8,11H,1,9H2,(H,14,15)/t11-/m1/s1. The molecule has 0 aliphatic carbocycles. The number of alkyl halides is 1. The van der Waals surface area contributed by atoms with Gasteiger partial charge in [0, 0.05) is 6.08 Å². The lowest BCUT2D eigenvalue weighted by Gasteiger charge is -2.13. The summed E-state index contributed by atoms with van der Waals surface area (Å²) in [5.74, 6) is -0.392. The zero-order chi connectivity index (χ0) is 11.1. The van der Waals surface area contributed by atoms with Gasteiger partial charge in [-0.15, -0.1) is 5.73 Å². The Labute approximate surface area is 88.1 Å². The van der Waals surface area contributed by atoms with Gasteiger partial charge in [0.2, 0.25) is 0 Å². The number of rotatable bonds is 4. The van der Waals surface area contributed by atoms with Crippen molar-refractivity contribution in [2.75, 3.05) is 6.67 Å². The Kier molecular flexibility index (Phi) is 4.32. The second kappa shape index (κ2) is 5.78. The number of carbonyl (C=O) groups is 1. The van der Waals surface area contributed by atoms with Gasteiger partial charge in [0.05, 0.1) is 6.04 Å². The van der Waals surface area contributed by atoms with Gasteiger partial charge in [-0.3, -0.25) is 4.79 Å². The molecule has 0 fully saturated rings. The van der Waals surface area contributed by atoms with E-state index < -0.39 is 18.6 Å². The third kappa shape index (κ3) is 3.41. The average Bonchev–Trinajstić information content (AvgIpc) is 2.27. The van der Waals surface area contributed by atoms with E-state index in [-0.39, 0.29) is 0 Å². The fourth-order valence-electron chi connectivity index (χ4n) is 1.20. The number of amides is 1. The van der Waals surface area contributed by atoms with Gasteiger partial charge < -0.3 is 5.32 Å². The summed E-state index contributed by atoms with van der Waals surface area (Å²) in [5, 5.41) is 2.51. The molecule has 0 saturated carbocycles. The van der Waals surface area contributed by atoms with Gasteiger partial charge in [-0.1, -0.05) is 36.9 Å². The van der Waals surface area contributed by atoms with Crippen LogP contribution in [-0.2, 0) is 4.79 Å². The highest BCUT2D eigenvalue weighted by Gasteiger charge is 2.11. The Hall–Kier alpha value is -1.86. The maximum atomic E-state index is 12.7. The van der Waals surface area contributed by atoms with Crippen LogP contribution in [-0.4, -0.2) is 12.6 Å². The molecular weight excluding hydrogens is 193 g/mol. The van der Waals surface area contributed by atoms with E-state index in [1.807, 2.05) is 6.07 Å². The Bertz CT molecular complexity index is 368. The molecule has 0 bridgehead atoms. The SMILES string of the molecule is C=C=CC(=O)N[C@H](CF)c1ccccc1. The second-order valence-electron chi connectivity index (χ2n) is 2.97. The molecule has 1 amide bonds. The first kappa shape index (κ1) is 11.2. The van der Waals surface area contributed by atoms with Crippen LogP contribution in [0.1, 0.15) is 11.6 Å². The van der Waals surface area contributed by atoms with Crippen LogP contribution in [0.15, 0.2) is 48.7 Å². The Balaban J connectivity index is 2.73. The molecule has 1 aromatic rings. The summed E-state index contributed by atoms with van der Waals surface area (Å²) >= 11 is 0. The normalized spacial score (nSPS) is 11.3. The number of benzene rings is 1. The zero-order valence-electron chi connectivity index (χ0n) is 8.24. The van der Waals surface area contributed by atoms with Crippen LogP contribution in [0.2, 0.25) is 0 Å². The van der Waals surface area contributed by atoms with E-state index in [9.17, 15) is 9.18 Å². The summed E-state index contributed by atoms with van der Waals surface area (Å²) in [6, 6.07) is 8.36. The smallest absolute Gasteiger partial charge is 0.252 e. The van der Waals surface area contributed by atoms with Gasteiger partial charge in [0.1, 0.15) is 6.67 Å². The summed E-state index contributed by atoms with van der Waals surface area (Å²) < 4.78 is 12.7. The minimum absolute atomic E-state index is 0.392. The lowest BCUT2D eigenvalue weighted by Crippen LogP contribution is -2.28. The van der Waals surface area contributed by atoms with Crippen molar-refractivity contribution >= 4 is 5.91 Å². The fourth-order valence-corrected chi connectivity index (χ4v) is 1.20. The maximum absolute atomic E-state index is 12.7. The lowest BCUT2D eigenvalue weighted by molar-refractivity contribution is -0.117. The van der Waals surface area contributed by atoms with E-state index in [2.05, 4.69) is 17.6 Å². The van der Waals surface area contributed by atoms with Crippen molar-refractivity contribution in [3.63, 3.8) is 0 Å². The van der Waals surface area contributed by atoms with Crippen molar-refractivity contribution in [3.05, 3.63) is 54.3 Å². The first-order chi connectivity index (χ1) is 7.27. The highest BCUT2D eigenvalue weighted by Crippen LogP contribution is 2.12. The molecule has 0 unspecified atom stereocenters. The van der Waals surface area contributed by atoms with E-state index in [1.165, 1.54) is 0 Å². The molecule has 1 atom stereocenters. The zero-order valence-corrected chi connectivity index (χ0v) is 8.24.